The molecular weight excluding hydrogens is 316 g/mol. The Morgan fingerprint density at radius 1 is 1.16 bits per heavy atom. The van der Waals surface area contributed by atoms with E-state index in [4.69, 9.17) is 0 Å². The average molecular weight is 338 g/mol. The van der Waals surface area contributed by atoms with E-state index in [1.165, 1.54) is 5.01 Å². The van der Waals surface area contributed by atoms with Gasteiger partial charge in [-0.2, -0.15) is 0 Å². The van der Waals surface area contributed by atoms with Crippen LogP contribution in [0.4, 0.5) is 16.2 Å². The van der Waals surface area contributed by atoms with Crippen LogP contribution in [0.2, 0.25) is 0 Å². The number of hydrogen-bond donors (Lipinski definition) is 2. The van der Waals surface area contributed by atoms with Crippen LogP contribution in [0.3, 0.4) is 0 Å². The van der Waals surface area contributed by atoms with E-state index in [2.05, 4.69) is 10.7 Å². The number of benzene rings is 2. The van der Waals surface area contributed by atoms with Gasteiger partial charge in [-0.3, -0.25) is 4.79 Å². The van der Waals surface area contributed by atoms with Gasteiger partial charge >= 0.3 is 6.03 Å². The Morgan fingerprint density at radius 2 is 1.92 bits per heavy atom. The largest absolute Gasteiger partial charge is 0.378 e. The zero-order valence-electron chi connectivity index (χ0n) is 14.7. The normalized spacial score (nSPS) is 13.2. The molecular formula is C19H22N4O2. The van der Waals surface area contributed by atoms with Gasteiger partial charge in [-0.15, -0.1) is 0 Å². The van der Waals surface area contributed by atoms with Gasteiger partial charge in [0.2, 0.25) is 0 Å². The number of carbonyl (C=O) groups excluding carboxylic acids is 2. The number of nitrogens with zero attached hydrogens (tertiary/aromatic N) is 2. The van der Waals surface area contributed by atoms with Gasteiger partial charge < -0.3 is 10.2 Å². The first kappa shape index (κ1) is 16.8. The Balaban J connectivity index is 1.67. The van der Waals surface area contributed by atoms with Crippen LogP contribution in [-0.4, -0.2) is 37.6 Å². The third-order valence-electron chi connectivity index (χ3n) is 4.31. The molecule has 2 aromatic rings. The lowest BCUT2D eigenvalue weighted by atomic mass is 10.0. The summed E-state index contributed by atoms with van der Waals surface area (Å²) in [7, 11) is 3.93. The van der Waals surface area contributed by atoms with Gasteiger partial charge in [0.1, 0.15) is 0 Å². The number of hydrogen-bond acceptors (Lipinski definition) is 3. The fraction of sp³-hybridized carbons (Fsp3) is 0.263. The van der Waals surface area contributed by atoms with Gasteiger partial charge in [-0.25, -0.2) is 15.2 Å². The van der Waals surface area contributed by atoms with Crippen molar-refractivity contribution < 1.29 is 9.59 Å². The quantitative estimate of drug-likeness (QED) is 0.904. The van der Waals surface area contributed by atoms with Crippen LogP contribution in [0.25, 0.3) is 0 Å². The summed E-state index contributed by atoms with van der Waals surface area (Å²) in [5, 5.41) is 4.17. The van der Waals surface area contributed by atoms with E-state index in [0.717, 1.165) is 23.2 Å². The molecule has 0 unspecified atom stereocenters. The highest BCUT2D eigenvalue weighted by atomic mass is 16.2. The molecule has 130 valence electrons. The van der Waals surface area contributed by atoms with E-state index in [1.807, 2.05) is 62.3 Å². The number of aryl methyl sites for hydroxylation is 1. The van der Waals surface area contributed by atoms with Crippen molar-refractivity contribution in [3.63, 3.8) is 0 Å². The molecule has 0 radical (unpaired) electrons. The van der Waals surface area contributed by atoms with Crippen molar-refractivity contribution in [1.29, 1.82) is 0 Å². The molecule has 0 saturated heterocycles. The molecule has 0 saturated carbocycles. The zero-order valence-corrected chi connectivity index (χ0v) is 14.7. The third-order valence-corrected chi connectivity index (χ3v) is 4.31. The highest BCUT2D eigenvalue weighted by Crippen LogP contribution is 2.21. The summed E-state index contributed by atoms with van der Waals surface area (Å²) in [6.45, 7) is 2.40. The lowest BCUT2D eigenvalue weighted by Crippen LogP contribution is -2.50. The summed E-state index contributed by atoms with van der Waals surface area (Å²) in [6, 6.07) is 12.8. The zero-order chi connectivity index (χ0) is 18.0. The average Bonchev–Trinajstić information content (AvgIpc) is 2.59. The van der Waals surface area contributed by atoms with Crippen LogP contribution in [0.15, 0.2) is 42.5 Å². The predicted octanol–water partition coefficient (Wildman–Crippen LogP) is 2.80. The number of anilines is 2. The van der Waals surface area contributed by atoms with Crippen molar-refractivity contribution in [2.45, 2.75) is 13.3 Å². The number of fused-ring (bicyclic) bond motifs is 1. The van der Waals surface area contributed by atoms with Crippen LogP contribution >= 0.6 is 0 Å². The van der Waals surface area contributed by atoms with E-state index < -0.39 is 6.03 Å². The van der Waals surface area contributed by atoms with Crippen molar-refractivity contribution in [3.05, 3.63) is 59.2 Å². The minimum absolute atomic E-state index is 0.184. The second-order valence-corrected chi connectivity index (χ2v) is 6.32. The van der Waals surface area contributed by atoms with Gasteiger partial charge in [-0.1, -0.05) is 18.2 Å². The van der Waals surface area contributed by atoms with E-state index in [9.17, 15) is 9.59 Å². The highest BCUT2D eigenvalue weighted by molar-refractivity contribution is 5.99. The Kier molecular flexibility index (Phi) is 4.61. The lowest BCUT2D eigenvalue weighted by molar-refractivity contribution is 0.0670. The second kappa shape index (κ2) is 6.84. The highest BCUT2D eigenvalue weighted by Gasteiger charge is 2.25. The molecule has 0 aromatic heterocycles. The minimum atomic E-state index is -0.423. The molecule has 6 heteroatoms. The van der Waals surface area contributed by atoms with Crippen molar-refractivity contribution >= 4 is 23.3 Å². The maximum Gasteiger partial charge on any atom is 0.338 e. The Labute approximate surface area is 147 Å². The molecule has 2 aromatic carbocycles. The summed E-state index contributed by atoms with van der Waals surface area (Å²) >= 11 is 0. The molecule has 0 bridgehead atoms. The van der Waals surface area contributed by atoms with Crippen LogP contribution in [-0.2, 0) is 6.42 Å². The van der Waals surface area contributed by atoms with Gasteiger partial charge in [0.15, 0.2) is 0 Å². The molecule has 6 nitrogen and oxygen atoms in total. The van der Waals surface area contributed by atoms with E-state index in [-0.39, 0.29) is 5.91 Å². The molecule has 0 aliphatic carbocycles. The smallest absolute Gasteiger partial charge is 0.338 e. The molecule has 0 atom stereocenters. The summed E-state index contributed by atoms with van der Waals surface area (Å²) in [5.41, 5.74) is 7.03. The Morgan fingerprint density at radius 3 is 2.64 bits per heavy atom. The number of urea groups is 1. The monoisotopic (exact) mass is 338 g/mol. The molecule has 1 aliphatic heterocycles. The Hall–Kier alpha value is -3.02. The molecule has 2 N–H and O–H groups in total. The van der Waals surface area contributed by atoms with Gasteiger partial charge in [-0.05, 0) is 48.7 Å². The van der Waals surface area contributed by atoms with E-state index in [0.29, 0.717) is 17.8 Å². The van der Waals surface area contributed by atoms with Crippen molar-refractivity contribution in [3.8, 4) is 0 Å². The number of amides is 3. The van der Waals surface area contributed by atoms with E-state index >= 15 is 0 Å². The van der Waals surface area contributed by atoms with Crippen LogP contribution in [0.5, 0.6) is 0 Å². The molecule has 3 rings (SSSR count). The minimum Gasteiger partial charge on any atom is -0.378 e. The Bertz CT molecular complexity index is 817. The van der Waals surface area contributed by atoms with E-state index in [1.54, 1.807) is 6.07 Å². The van der Waals surface area contributed by atoms with Gasteiger partial charge in [0, 0.05) is 37.6 Å². The maximum atomic E-state index is 12.5. The number of rotatable bonds is 3. The lowest BCUT2D eigenvalue weighted by Gasteiger charge is -2.28. The topological polar surface area (TPSA) is 64.7 Å². The number of nitrogens with one attached hydrogen (secondary N) is 2. The van der Waals surface area contributed by atoms with Crippen LogP contribution in [0, 0.1) is 6.92 Å². The standard InChI is InChI=1S/C19H22N4O2/c1-13-12-15(22(2)3)8-9-17(13)20-19(25)21-23-11-10-14-6-4-5-7-16(14)18(23)24/h4-9,12H,10-11H2,1-3H3,(H2,20,21,25). The first-order chi connectivity index (χ1) is 12.0. The molecule has 1 aliphatic rings. The first-order valence-electron chi connectivity index (χ1n) is 8.21. The summed E-state index contributed by atoms with van der Waals surface area (Å²) in [6.07, 6.45) is 0.721. The van der Waals surface area contributed by atoms with Gasteiger partial charge in [0.25, 0.3) is 5.91 Å². The fourth-order valence-corrected chi connectivity index (χ4v) is 2.87. The molecule has 25 heavy (non-hydrogen) atoms. The first-order valence-corrected chi connectivity index (χ1v) is 8.21. The van der Waals surface area contributed by atoms with Crippen LogP contribution in [0.1, 0.15) is 21.5 Å². The molecule has 3 amide bonds. The van der Waals surface area contributed by atoms with Gasteiger partial charge in [0.05, 0.1) is 0 Å². The second-order valence-electron chi connectivity index (χ2n) is 6.32. The maximum absolute atomic E-state index is 12.5. The summed E-state index contributed by atoms with van der Waals surface area (Å²) in [4.78, 5) is 26.8. The van der Waals surface area contributed by atoms with Crippen molar-refractivity contribution in [1.82, 2.24) is 10.4 Å². The fourth-order valence-electron chi connectivity index (χ4n) is 2.87. The summed E-state index contributed by atoms with van der Waals surface area (Å²) in [5.74, 6) is -0.184. The van der Waals surface area contributed by atoms with Crippen LogP contribution < -0.4 is 15.6 Å². The summed E-state index contributed by atoms with van der Waals surface area (Å²) < 4.78 is 0. The van der Waals surface area contributed by atoms with Crippen molar-refractivity contribution in [2.75, 3.05) is 30.9 Å². The number of hydrazine groups is 1. The SMILES string of the molecule is Cc1cc(N(C)C)ccc1NC(=O)NN1CCc2ccccc2C1=O. The molecule has 1 heterocycles. The number of carbonyl (C=O) groups is 2. The van der Waals surface area contributed by atoms with Crippen molar-refractivity contribution in [2.24, 2.45) is 0 Å². The predicted molar refractivity (Wildman–Crippen MR) is 98.8 cm³/mol. The third kappa shape index (κ3) is 3.57. The molecule has 0 spiro atoms. The molecule has 0 fully saturated rings.